The van der Waals surface area contributed by atoms with Gasteiger partial charge in [0, 0.05) is 5.57 Å². The summed E-state index contributed by atoms with van der Waals surface area (Å²) < 4.78 is 6.00. The molecule has 4 saturated carbocycles. The van der Waals surface area contributed by atoms with E-state index in [1.54, 1.807) is 0 Å². The first-order valence-corrected chi connectivity index (χ1v) is 7.70. The maximum atomic E-state index is 12.4. The lowest BCUT2D eigenvalue weighted by Crippen LogP contribution is -2.53. The number of rotatable bonds is 2. The molecule has 4 rings (SSSR count). The number of esters is 1. The van der Waals surface area contributed by atoms with Crippen LogP contribution < -0.4 is 0 Å². The van der Waals surface area contributed by atoms with Crippen molar-refractivity contribution in [1.82, 2.24) is 0 Å². The Hall–Kier alpha value is -0.790. The molecular weight excluding hydrogens is 236 g/mol. The molecule has 0 unspecified atom stereocenters. The van der Waals surface area contributed by atoms with E-state index in [1.807, 2.05) is 20.8 Å². The van der Waals surface area contributed by atoms with E-state index in [-0.39, 0.29) is 17.0 Å². The fourth-order valence-electron chi connectivity index (χ4n) is 4.72. The van der Waals surface area contributed by atoms with E-state index in [2.05, 4.69) is 6.58 Å². The smallest absolute Gasteiger partial charge is 0.334 e. The van der Waals surface area contributed by atoms with E-state index < -0.39 is 0 Å². The van der Waals surface area contributed by atoms with Crippen LogP contribution in [-0.2, 0) is 9.53 Å². The Kier molecular flexibility index (Phi) is 2.85. The molecule has 0 aromatic heterocycles. The van der Waals surface area contributed by atoms with Gasteiger partial charge >= 0.3 is 5.97 Å². The van der Waals surface area contributed by atoms with E-state index in [4.69, 9.17) is 4.74 Å². The van der Waals surface area contributed by atoms with Crippen molar-refractivity contribution in [2.75, 3.05) is 0 Å². The lowest BCUT2D eigenvalue weighted by atomic mass is 9.54. The average molecular weight is 262 g/mol. The molecule has 0 aromatic carbocycles. The molecule has 2 heteroatoms. The molecule has 4 aliphatic rings. The van der Waals surface area contributed by atoms with Crippen molar-refractivity contribution in [3.63, 3.8) is 0 Å². The minimum absolute atomic E-state index is 0.139. The first-order valence-electron chi connectivity index (χ1n) is 7.70. The molecule has 0 radical (unpaired) electrons. The van der Waals surface area contributed by atoms with Crippen molar-refractivity contribution in [2.45, 2.75) is 64.9 Å². The summed E-state index contributed by atoms with van der Waals surface area (Å²) >= 11 is 0. The number of hydrogen-bond acceptors (Lipinski definition) is 2. The lowest BCUT2D eigenvalue weighted by Gasteiger charge is -2.55. The molecule has 0 amide bonds. The Morgan fingerprint density at radius 1 is 1.05 bits per heavy atom. The summed E-state index contributed by atoms with van der Waals surface area (Å²) in [6.45, 7) is 10.0. The molecule has 0 aliphatic heterocycles. The number of hydrogen-bond donors (Lipinski definition) is 0. The van der Waals surface area contributed by atoms with E-state index >= 15 is 0 Å². The molecular formula is C17H26O2. The summed E-state index contributed by atoms with van der Waals surface area (Å²) in [6.07, 6.45) is 7.41. The largest absolute Gasteiger partial charge is 0.456 e. The molecule has 0 saturated heterocycles. The van der Waals surface area contributed by atoms with E-state index in [9.17, 15) is 4.79 Å². The highest BCUT2D eigenvalue weighted by atomic mass is 16.6. The van der Waals surface area contributed by atoms with Crippen molar-refractivity contribution in [3.05, 3.63) is 12.2 Å². The monoisotopic (exact) mass is 262 g/mol. The van der Waals surface area contributed by atoms with Gasteiger partial charge in [-0.15, -0.1) is 0 Å². The highest BCUT2D eigenvalue weighted by molar-refractivity contribution is 5.89. The van der Waals surface area contributed by atoms with Gasteiger partial charge in [0.15, 0.2) is 0 Å². The molecule has 0 heterocycles. The molecule has 0 spiro atoms. The zero-order valence-electron chi connectivity index (χ0n) is 12.5. The Morgan fingerprint density at radius 2 is 1.47 bits per heavy atom. The fraction of sp³-hybridized carbons (Fsp3) is 0.824. The zero-order chi connectivity index (χ0) is 13.8. The van der Waals surface area contributed by atoms with Gasteiger partial charge in [-0.25, -0.2) is 4.79 Å². The third kappa shape index (κ3) is 2.34. The number of ether oxygens (including phenoxy) is 1. The van der Waals surface area contributed by atoms with Crippen molar-refractivity contribution in [2.24, 2.45) is 23.2 Å². The Bertz CT molecular complexity index is 378. The normalized spacial score (nSPS) is 40.3. The Balaban J connectivity index is 1.73. The van der Waals surface area contributed by atoms with Crippen molar-refractivity contribution in [3.8, 4) is 0 Å². The predicted molar refractivity (Wildman–Crippen MR) is 75.6 cm³/mol. The van der Waals surface area contributed by atoms with Crippen LogP contribution in [0.3, 0.4) is 0 Å². The molecule has 4 bridgehead atoms. The third-order valence-electron chi connectivity index (χ3n) is 5.44. The fourth-order valence-corrected chi connectivity index (χ4v) is 4.72. The van der Waals surface area contributed by atoms with Gasteiger partial charge in [-0.05, 0) is 61.7 Å². The van der Waals surface area contributed by atoms with Crippen LogP contribution in [0, 0.1) is 23.2 Å². The first-order chi connectivity index (χ1) is 8.77. The summed E-state index contributed by atoms with van der Waals surface area (Å²) in [5.74, 6) is 2.26. The van der Waals surface area contributed by atoms with Crippen LogP contribution in [0.25, 0.3) is 0 Å². The minimum Gasteiger partial charge on any atom is -0.456 e. The summed E-state index contributed by atoms with van der Waals surface area (Å²) in [5.41, 5.74) is 0.280. The number of carbonyl (C=O) groups is 1. The molecule has 106 valence electrons. The average Bonchev–Trinajstić information content (AvgIpc) is 2.23. The van der Waals surface area contributed by atoms with E-state index in [1.165, 1.54) is 19.3 Å². The van der Waals surface area contributed by atoms with Gasteiger partial charge in [-0.2, -0.15) is 0 Å². The van der Waals surface area contributed by atoms with Gasteiger partial charge in [-0.1, -0.05) is 27.4 Å². The highest BCUT2D eigenvalue weighted by Gasteiger charge is 2.53. The Morgan fingerprint density at radius 3 is 1.84 bits per heavy atom. The van der Waals surface area contributed by atoms with E-state index in [0.29, 0.717) is 5.57 Å². The third-order valence-corrected chi connectivity index (χ3v) is 5.44. The van der Waals surface area contributed by atoms with Gasteiger partial charge in [0.1, 0.15) is 5.60 Å². The van der Waals surface area contributed by atoms with Gasteiger partial charge in [-0.3, -0.25) is 0 Å². The highest BCUT2D eigenvalue weighted by Crippen LogP contribution is 2.57. The molecule has 2 nitrogen and oxygen atoms in total. The SMILES string of the molecule is C=C(C(=O)OC12CC3CC(CC(C3)C1)C2)C(C)(C)C. The van der Waals surface area contributed by atoms with Crippen molar-refractivity contribution in [1.29, 1.82) is 0 Å². The lowest BCUT2D eigenvalue weighted by molar-refractivity contribution is -0.183. The second-order valence-electron chi connectivity index (χ2n) is 8.22. The van der Waals surface area contributed by atoms with Gasteiger partial charge in [0.25, 0.3) is 0 Å². The zero-order valence-corrected chi connectivity index (χ0v) is 12.5. The van der Waals surface area contributed by atoms with Gasteiger partial charge < -0.3 is 4.74 Å². The van der Waals surface area contributed by atoms with Crippen LogP contribution in [0.4, 0.5) is 0 Å². The first kappa shape index (κ1) is 13.2. The van der Waals surface area contributed by atoms with Crippen LogP contribution in [0.15, 0.2) is 12.2 Å². The topological polar surface area (TPSA) is 26.3 Å². The quantitative estimate of drug-likeness (QED) is 0.553. The molecule has 4 aliphatic carbocycles. The van der Waals surface area contributed by atoms with Crippen LogP contribution in [0.5, 0.6) is 0 Å². The summed E-state index contributed by atoms with van der Waals surface area (Å²) in [7, 11) is 0. The summed E-state index contributed by atoms with van der Waals surface area (Å²) in [6, 6.07) is 0. The summed E-state index contributed by atoms with van der Waals surface area (Å²) in [5, 5.41) is 0. The molecule has 4 fully saturated rings. The predicted octanol–water partition coefficient (Wildman–Crippen LogP) is 4.10. The van der Waals surface area contributed by atoms with Crippen LogP contribution in [-0.4, -0.2) is 11.6 Å². The molecule has 0 atom stereocenters. The molecule has 0 N–H and O–H groups in total. The minimum atomic E-state index is -0.195. The Labute approximate surface area is 116 Å². The van der Waals surface area contributed by atoms with Gasteiger partial charge in [0.2, 0.25) is 0 Å². The van der Waals surface area contributed by atoms with Crippen molar-refractivity contribution >= 4 is 5.97 Å². The number of carbonyl (C=O) groups excluding carboxylic acids is 1. The molecule has 0 aromatic rings. The van der Waals surface area contributed by atoms with Crippen molar-refractivity contribution < 1.29 is 9.53 Å². The van der Waals surface area contributed by atoms with Crippen LogP contribution in [0.2, 0.25) is 0 Å². The molecule has 19 heavy (non-hydrogen) atoms. The summed E-state index contributed by atoms with van der Waals surface area (Å²) in [4.78, 5) is 12.4. The van der Waals surface area contributed by atoms with E-state index in [0.717, 1.165) is 37.0 Å². The van der Waals surface area contributed by atoms with Crippen LogP contribution >= 0.6 is 0 Å². The standard InChI is InChI=1S/C17H26O2/c1-11(16(2,3)4)15(18)19-17-8-12-5-13(9-17)7-14(6-12)10-17/h12-14H,1,5-10H2,2-4H3. The van der Waals surface area contributed by atoms with Crippen LogP contribution in [0.1, 0.15) is 59.3 Å². The second kappa shape index (κ2) is 4.10. The van der Waals surface area contributed by atoms with Gasteiger partial charge in [0.05, 0.1) is 0 Å². The maximum absolute atomic E-state index is 12.4. The maximum Gasteiger partial charge on any atom is 0.334 e. The second-order valence-corrected chi connectivity index (χ2v) is 8.22.